The maximum atomic E-state index is 12.2. The first-order chi connectivity index (χ1) is 7.64. The van der Waals surface area contributed by atoms with E-state index in [1.165, 1.54) is 6.42 Å². The molecule has 4 nitrogen and oxygen atoms in total. The minimum Gasteiger partial charge on any atom is -0.313 e. The van der Waals surface area contributed by atoms with Crippen molar-refractivity contribution in [2.24, 2.45) is 0 Å². The zero-order chi connectivity index (χ0) is 11.6. The van der Waals surface area contributed by atoms with Crippen LogP contribution in [0.4, 0.5) is 0 Å². The van der Waals surface area contributed by atoms with Crippen molar-refractivity contribution in [3.63, 3.8) is 0 Å². The van der Waals surface area contributed by atoms with Crippen molar-refractivity contribution < 1.29 is 8.42 Å². The normalized spacial score (nSPS) is 26.5. The summed E-state index contributed by atoms with van der Waals surface area (Å²) in [6, 6.07) is 0.375. The molecule has 0 radical (unpaired) electrons. The van der Waals surface area contributed by atoms with Crippen molar-refractivity contribution in [3.8, 4) is 0 Å². The molecule has 1 saturated carbocycles. The zero-order valence-corrected chi connectivity index (χ0v) is 10.8. The Morgan fingerprint density at radius 2 is 2.06 bits per heavy atom. The third-order valence-electron chi connectivity index (χ3n) is 3.36. The van der Waals surface area contributed by atoms with Gasteiger partial charge in [-0.15, -0.1) is 0 Å². The molecule has 16 heavy (non-hydrogen) atoms. The number of nitrogens with zero attached hydrogens (tertiary/aromatic N) is 1. The van der Waals surface area contributed by atoms with Crippen molar-refractivity contribution in [1.29, 1.82) is 0 Å². The van der Waals surface area contributed by atoms with Gasteiger partial charge in [-0.05, 0) is 38.6 Å². The van der Waals surface area contributed by atoms with Gasteiger partial charge >= 0.3 is 0 Å². The van der Waals surface area contributed by atoms with Crippen LogP contribution in [-0.4, -0.2) is 43.6 Å². The molecule has 94 valence electrons. The molecular weight excluding hydrogens is 224 g/mol. The molecule has 1 N–H and O–H groups in total. The molecule has 1 unspecified atom stereocenters. The summed E-state index contributed by atoms with van der Waals surface area (Å²) < 4.78 is 26.1. The van der Waals surface area contributed by atoms with Gasteiger partial charge in [0.05, 0.1) is 5.25 Å². The number of hydrogen-bond acceptors (Lipinski definition) is 3. The maximum Gasteiger partial charge on any atom is 0.217 e. The fourth-order valence-corrected chi connectivity index (χ4v) is 4.29. The molecule has 1 saturated heterocycles. The molecule has 2 aliphatic rings. The lowest BCUT2D eigenvalue weighted by Gasteiger charge is -2.24. The van der Waals surface area contributed by atoms with Crippen LogP contribution < -0.4 is 5.32 Å². The summed E-state index contributed by atoms with van der Waals surface area (Å²) in [5, 5.41) is 3.30. The highest BCUT2D eigenvalue weighted by Gasteiger charge is 2.40. The monoisotopic (exact) mass is 246 g/mol. The Labute approximate surface area is 98.4 Å². The summed E-state index contributed by atoms with van der Waals surface area (Å²) in [7, 11) is -2.98. The van der Waals surface area contributed by atoms with Crippen molar-refractivity contribution in [2.75, 3.05) is 19.6 Å². The lowest BCUT2D eigenvalue weighted by atomic mass is 10.2. The molecule has 1 heterocycles. The molecule has 1 aliphatic heterocycles. The third-order valence-corrected chi connectivity index (χ3v) is 5.73. The van der Waals surface area contributed by atoms with Gasteiger partial charge in [-0.2, -0.15) is 0 Å². The Morgan fingerprint density at radius 3 is 2.56 bits per heavy atom. The predicted molar refractivity (Wildman–Crippen MR) is 64.8 cm³/mol. The SMILES string of the molecule is CCCN(CC1CCCN1)S(=O)(=O)C1CC1. The van der Waals surface area contributed by atoms with Crippen molar-refractivity contribution in [2.45, 2.75) is 50.3 Å². The minimum atomic E-state index is -2.98. The Balaban J connectivity index is 1.98. The van der Waals surface area contributed by atoms with E-state index in [0.717, 1.165) is 32.2 Å². The van der Waals surface area contributed by atoms with E-state index in [4.69, 9.17) is 0 Å². The molecule has 0 bridgehead atoms. The Bertz CT molecular complexity index is 319. The first-order valence-corrected chi connectivity index (χ1v) is 7.87. The molecule has 5 heteroatoms. The van der Waals surface area contributed by atoms with Crippen LogP contribution in [0.1, 0.15) is 39.0 Å². The summed E-state index contributed by atoms with van der Waals surface area (Å²) in [4.78, 5) is 0. The zero-order valence-electron chi connectivity index (χ0n) is 9.98. The van der Waals surface area contributed by atoms with E-state index in [1.807, 2.05) is 6.92 Å². The van der Waals surface area contributed by atoms with Crippen LogP contribution >= 0.6 is 0 Å². The molecule has 0 aromatic rings. The Kier molecular flexibility index (Phi) is 3.87. The van der Waals surface area contributed by atoms with Gasteiger partial charge in [-0.3, -0.25) is 0 Å². The topological polar surface area (TPSA) is 49.4 Å². The van der Waals surface area contributed by atoms with Gasteiger partial charge < -0.3 is 5.32 Å². The first-order valence-electron chi connectivity index (χ1n) is 6.37. The van der Waals surface area contributed by atoms with E-state index >= 15 is 0 Å². The fourth-order valence-electron chi connectivity index (χ4n) is 2.31. The van der Waals surface area contributed by atoms with Crippen LogP contribution in [-0.2, 0) is 10.0 Å². The Morgan fingerprint density at radius 1 is 1.31 bits per heavy atom. The molecule has 1 atom stereocenters. The minimum absolute atomic E-state index is 0.0690. The van der Waals surface area contributed by atoms with E-state index in [9.17, 15) is 8.42 Å². The average Bonchev–Trinajstić information content (AvgIpc) is 2.99. The Hall–Kier alpha value is -0.130. The second-order valence-electron chi connectivity index (χ2n) is 4.90. The molecule has 0 amide bonds. The van der Waals surface area contributed by atoms with Crippen LogP contribution in [0.15, 0.2) is 0 Å². The highest BCUT2D eigenvalue weighted by atomic mass is 32.2. The molecule has 1 aliphatic carbocycles. The van der Waals surface area contributed by atoms with Gasteiger partial charge in [-0.25, -0.2) is 12.7 Å². The average molecular weight is 246 g/mol. The van der Waals surface area contributed by atoms with E-state index in [0.29, 0.717) is 19.1 Å². The molecular formula is C11H22N2O2S. The van der Waals surface area contributed by atoms with E-state index in [-0.39, 0.29) is 5.25 Å². The summed E-state index contributed by atoms with van der Waals surface area (Å²) in [5.74, 6) is 0. The highest BCUT2D eigenvalue weighted by molar-refractivity contribution is 7.90. The summed E-state index contributed by atoms with van der Waals surface area (Å²) >= 11 is 0. The van der Waals surface area contributed by atoms with Gasteiger partial charge in [0.15, 0.2) is 0 Å². The molecule has 0 aromatic heterocycles. The summed E-state index contributed by atoms with van der Waals surface area (Å²) in [6.45, 7) is 4.43. The lowest BCUT2D eigenvalue weighted by Crippen LogP contribution is -2.42. The number of hydrogen-bond donors (Lipinski definition) is 1. The predicted octanol–water partition coefficient (Wildman–Crippen LogP) is 0.943. The van der Waals surface area contributed by atoms with Crippen LogP contribution in [0, 0.1) is 0 Å². The van der Waals surface area contributed by atoms with Gasteiger partial charge in [-0.1, -0.05) is 6.92 Å². The van der Waals surface area contributed by atoms with Crippen molar-refractivity contribution in [3.05, 3.63) is 0 Å². The maximum absolute atomic E-state index is 12.2. The molecule has 0 spiro atoms. The molecule has 2 rings (SSSR count). The molecule has 2 fully saturated rings. The van der Waals surface area contributed by atoms with Crippen molar-refractivity contribution in [1.82, 2.24) is 9.62 Å². The summed E-state index contributed by atoms with van der Waals surface area (Å²) in [6.07, 6.45) is 4.91. The van der Waals surface area contributed by atoms with Crippen LogP contribution in [0.3, 0.4) is 0 Å². The van der Waals surface area contributed by atoms with Gasteiger partial charge in [0, 0.05) is 19.1 Å². The molecule has 0 aromatic carbocycles. The van der Waals surface area contributed by atoms with Crippen LogP contribution in [0.5, 0.6) is 0 Å². The van der Waals surface area contributed by atoms with E-state index in [1.54, 1.807) is 4.31 Å². The second-order valence-corrected chi connectivity index (χ2v) is 7.11. The first kappa shape index (κ1) is 12.3. The smallest absolute Gasteiger partial charge is 0.217 e. The van der Waals surface area contributed by atoms with Gasteiger partial charge in [0.1, 0.15) is 0 Å². The van der Waals surface area contributed by atoms with Gasteiger partial charge in [0.2, 0.25) is 10.0 Å². The fraction of sp³-hybridized carbons (Fsp3) is 1.00. The highest BCUT2D eigenvalue weighted by Crippen LogP contribution is 2.31. The van der Waals surface area contributed by atoms with Crippen LogP contribution in [0.25, 0.3) is 0 Å². The number of nitrogens with one attached hydrogen (secondary N) is 1. The quantitative estimate of drug-likeness (QED) is 0.759. The standard InChI is InChI=1S/C11H22N2O2S/c1-2-8-13(9-10-4-3-7-12-10)16(14,15)11-5-6-11/h10-12H,2-9H2,1H3. The van der Waals surface area contributed by atoms with Crippen LogP contribution in [0.2, 0.25) is 0 Å². The number of rotatable bonds is 6. The number of sulfonamides is 1. The third kappa shape index (κ3) is 2.76. The summed E-state index contributed by atoms with van der Waals surface area (Å²) in [5.41, 5.74) is 0. The van der Waals surface area contributed by atoms with Crippen molar-refractivity contribution >= 4 is 10.0 Å². The van der Waals surface area contributed by atoms with Gasteiger partial charge in [0.25, 0.3) is 0 Å². The van der Waals surface area contributed by atoms with E-state index in [2.05, 4.69) is 5.32 Å². The van der Waals surface area contributed by atoms with E-state index < -0.39 is 10.0 Å². The second kappa shape index (κ2) is 5.02. The largest absolute Gasteiger partial charge is 0.313 e. The lowest BCUT2D eigenvalue weighted by molar-refractivity contribution is 0.369.